The van der Waals surface area contributed by atoms with Gasteiger partial charge in [-0.3, -0.25) is 4.90 Å². The van der Waals surface area contributed by atoms with Crippen LogP contribution in [0.4, 0.5) is 17.3 Å². The number of hydrogen-bond acceptors (Lipinski definition) is 8. The number of nitrogens with zero attached hydrogens (tertiary/aromatic N) is 7. The van der Waals surface area contributed by atoms with E-state index in [2.05, 4.69) is 61.4 Å². The Labute approximate surface area is 174 Å². The number of aromatic nitrogens is 4. The van der Waals surface area contributed by atoms with E-state index in [1.54, 1.807) is 6.33 Å². The number of ether oxygens (including phenoxy) is 1. The van der Waals surface area contributed by atoms with E-state index in [0.29, 0.717) is 23.7 Å². The number of hydrogen-bond donors (Lipinski definition) is 1. The van der Waals surface area contributed by atoms with Crippen LogP contribution in [0.3, 0.4) is 0 Å². The number of nitriles is 1. The molecule has 2 bridgehead atoms. The molecular weight excluding hydrogens is 380 g/mol. The lowest BCUT2D eigenvalue weighted by Crippen LogP contribution is -2.63. The summed E-state index contributed by atoms with van der Waals surface area (Å²) in [5.41, 5.74) is 2.54. The summed E-state index contributed by atoms with van der Waals surface area (Å²) in [5, 5.41) is 11.9. The average molecular weight is 402 g/mol. The number of imidazole rings is 1. The highest BCUT2D eigenvalue weighted by Crippen LogP contribution is 2.26. The third kappa shape index (κ3) is 3.58. The Bertz CT molecular complexity index is 1040. The van der Waals surface area contributed by atoms with Gasteiger partial charge in [-0.05, 0) is 31.3 Å². The summed E-state index contributed by atoms with van der Waals surface area (Å²) < 4.78 is 7.67. The third-order valence-electron chi connectivity index (χ3n) is 5.75. The second kappa shape index (κ2) is 7.74. The van der Waals surface area contributed by atoms with Gasteiger partial charge in [0.25, 0.3) is 0 Å². The normalized spacial score (nSPS) is 21.3. The van der Waals surface area contributed by atoms with Crippen molar-refractivity contribution in [2.75, 3.05) is 43.6 Å². The summed E-state index contributed by atoms with van der Waals surface area (Å²) in [6.07, 6.45) is 6.60. The van der Waals surface area contributed by atoms with Gasteiger partial charge in [0.05, 0.1) is 43.9 Å². The molecule has 1 N–H and O–H groups in total. The Morgan fingerprint density at radius 3 is 2.40 bits per heavy atom. The fraction of sp³-hybridized carbons (Fsp3) is 0.333. The van der Waals surface area contributed by atoms with E-state index in [1.165, 1.54) is 18.1 Å². The van der Waals surface area contributed by atoms with Crippen LogP contribution in [0.1, 0.15) is 5.69 Å². The van der Waals surface area contributed by atoms with Gasteiger partial charge in [-0.2, -0.15) is 5.26 Å². The Balaban J connectivity index is 1.27. The highest BCUT2D eigenvalue weighted by molar-refractivity contribution is 5.54. The molecule has 9 nitrogen and oxygen atoms in total. The van der Waals surface area contributed by atoms with Crippen molar-refractivity contribution in [3.05, 3.63) is 54.9 Å². The van der Waals surface area contributed by atoms with Crippen LogP contribution < -0.4 is 10.2 Å². The predicted molar refractivity (Wildman–Crippen MR) is 112 cm³/mol. The Morgan fingerprint density at radius 2 is 1.73 bits per heavy atom. The molecule has 2 aromatic heterocycles. The van der Waals surface area contributed by atoms with Crippen molar-refractivity contribution in [2.24, 2.45) is 0 Å². The van der Waals surface area contributed by atoms with Crippen molar-refractivity contribution in [2.45, 2.75) is 12.1 Å². The van der Waals surface area contributed by atoms with Crippen LogP contribution in [-0.2, 0) is 4.74 Å². The van der Waals surface area contributed by atoms with Crippen LogP contribution in [0.2, 0.25) is 0 Å². The minimum atomic E-state index is 0.280. The molecule has 0 amide bonds. The number of nitrogens with one attached hydrogen (secondary N) is 1. The summed E-state index contributed by atoms with van der Waals surface area (Å²) in [6, 6.07) is 11.4. The van der Waals surface area contributed by atoms with E-state index in [1.807, 2.05) is 16.8 Å². The van der Waals surface area contributed by atoms with Gasteiger partial charge in [0, 0.05) is 24.5 Å². The smallest absolute Gasteiger partial charge is 0.158 e. The molecule has 9 heteroatoms. The van der Waals surface area contributed by atoms with Gasteiger partial charge in [-0.1, -0.05) is 0 Å². The monoisotopic (exact) mass is 402 g/mol. The highest BCUT2D eigenvalue weighted by atomic mass is 16.5. The largest absolute Gasteiger partial charge is 0.378 e. The van der Waals surface area contributed by atoms with Gasteiger partial charge in [-0.25, -0.2) is 15.0 Å². The number of morpholine rings is 1. The average Bonchev–Trinajstić information content (AvgIpc) is 3.23. The first-order valence-electron chi connectivity index (χ1n) is 9.88. The van der Waals surface area contributed by atoms with E-state index < -0.39 is 0 Å². The summed E-state index contributed by atoms with van der Waals surface area (Å²) in [7, 11) is 2.20. The number of fused-ring (bicyclic) bond motifs is 2. The van der Waals surface area contributed by atoms with Crippen molar-refractivity contribution >= 4 is 17.3 Å². The maximum atomic E-state index is 8.80. The molecule has 1 aromatic carbocycles. The molecule has 3 aromatic rings. The lowest BCUT2D eigenvalue weighted by atomic mass is 10.0. The molecule has 2 aliphatic heterocycles. The molecule has 0 aliphatic carbocycles. The molecule has 30 heavy (non-hydrogen) atoms. The van der Waals surface area contributed by atoms with Crippen molar-refractivity contribution in [1.29, 1.82) is 5.26 Å². The summed E-state index contributed by atoms with van der Waals surface area (Å²) in [4.78, 5) is 17.4. The van der Waals surface area contributed by atoms with Gasteiger partial charge in [0.1, 0.15) is 24.0 Å². The standard InChI is InChI=1S/C21H22N8O/c1-27-18-9-28(10-19(27)13-30-12-18)16-2-4-17(5-3-16)29-11-21(25-14-29)26-20-8-23-15(6-22)7-24-20/h2-5,7-8,11,14,18-19H,9-10,12-13H2,1H3,(H,24,26). The van der Waals surface area contributed by atoms with Crippen molar-refractivity contribution in [1.82, 2.24) is 24.4 Å². The van der Waals surface area contributed by atoms with Crippen LogP contribution in [-0.4, -0.2) is 69.9 Å². The fourth-order valence-electron chi connectivity index (χ4n) is 3.98. The number of likely N-dealkylation sites (N-methyl/N-ethyl adjacent to an activating group) is 1. The quantitative estimate of drug-likeness (QED) is 0.706. The minimum Gasteiger partial charge on any atom is -0.378 e. The lowest BCUT2D eigenvalue weighted by Gasteiger charge is -2.48. The molecule has 2 fully saturated rings. The first-order chi connectivity index (χ1) is 14.7. The van der Waals surface area contributed by atoms with Crippen LogP contribution in [0.5, 0.6) is 0 Å². The Morgan fingerprint density at radius 1 is 1.00 bits per heavy atom. The molecule has 0 radical (unpaired) electrons. The third-order valence-corrected chi connectivity index (χ3v) is 5.75. The zero-order valence-corrected chi connectivity index (χ0v) is 16.6. The molecule has 5 rings (SSSR count). The van der Waals surface area contributed by atoms with Crippen LogP contribution >= 0.6 is 0 Å². The first-order valence-corrected chi connectivity index (χ1v) is 9.88. The predicted octanol–water partition coefficient (Wildman–Crippen LogP) is 1.80. The molecule has 2 unspecified atom stereocenters. The zero-order chi connectivity index (χ0) is 20.5. The summed E-state index contributed by atoms with van der Waals surface area (Å²) in [6.45, 7) is 3.57. The summed E-state index contributed by atoms with van der Waals surface area (Å²) >= 11 is 0. The van der Waals surface area contributed by atoms with E-state index in [9.17, 15) is 0 Å². The molecule has 2 aliphatic rings. The van der Waals surface area contributed by atoms with E-state index >= 15 is 0 Å². The van der Waals surface area contributed by atoms with E-state index in [0.717, 1.165) is 32.0 Å². The second-order valence-corrected chi connectivity index (χ2v) is 7.62. The van der Waals surface area contributed by atoms with Gasteiger partial charge in [-0.15, -0.1) is 0 Å². The number of rotatable bonds is 4. The molecule has 0 spiro atoms. The van der Waals surface area contributed by atoms with Gasteiger partial charge in [0.2, 0.25) is 0 Å². The number of anilines is 3. The zero-order valence-electron chi connectivity index (χ0n) is 16.6. The Kier molecular flexibility index (Phi) is 4.78. The maximum Gasteiger partial charge on any atom is 0.158 e. The second-order valence-electron chi connectivity index (χ2n) is 7.62. The minimum absolute atomic E-state index is 0.280. The maximum absolute atomic E-state index is 8.80. The SMILES string of the molecule is CN1C2COCC1CN(c1ccc(-n3cnc(Nc4cnc(C#N)cn4)c3)cc1)C2. The van der Waals surface area contributed by atoms with Gasteiger partial charge < -0.3 is 19.5 Å². The first kappa shape index (κ1) is 18.5. The van der Waals surface area contributed by atoms with Gasteiger partial charge >= 0.3 is 0 Å². The van der Waals surface area contributed by atoms with Gasteiger partial charge in [0.15, 0.2) is 5.69 Å². The lowest BCUT2D eigenvalue weighted by molar-refractivity contribution is -0.0439. The van der Waals surface area contributed by atoms with E-state index in [4.69, 9.17) is 10.00 Å². The molecular formula is C21H22N8O. The molecule has 0 saturated carbocycles. The summed E-state index contributed by atoms with van der Waals surface area (Å²) in [5.74, 6) is 1.20. The van der Waals surface area contributed by atoms with Crippen LogP contribution in [0.15, 0.2) is 49.2 Å². The Hall–Kier alpha value is -3.48. The number of benzene rings is 1. The highest BCUT2D eigenvalue weighted by Gasteiger charge is 2.35. The fourth-order valence-corrected chi connectivity index (χ4v) is 3.98. The van der Waals surface area contributed by atoms with Crippen LogP contribution in [0, 0.1) is 11.3 Å². The number of piperazine rings is 1. The van der Waals surface area contributed by atoms with E-state index in [-0.39, 0.29) is 5.69 Å². The van der Waals surface area contributed by atoms with Crippen molar-refractivity contribution < 1.29 is 4.74 Å². The molecule has 4 heterocycles. The topological polar surface area (TPSA) is 95.1 Å². The molecule has 2 saturated heterocycles. The van der Waals surface area contributed by atoms with Crippen LogP contribution in [0.25, 0.3) is 5.69 Å². The van der Waals surface area contributed by atoms with Crippen molar-refractivity contribution in [3.8, 4) is 11.8 Å². The van der Waals surface area contributed by atoms with Crippen molar-refractivity contribution in [3.63, 3.8) is 0 Å². The molecule has 152 valence electrons. The molecule has 2 atom stereocenters.